The van der Waals surface area contributed by atoms with Crippen LogP contribution in [-0.4, -0.2) is 14.7 Å². The van der Waals surface area contributed by atoms with E-state index in [1.54, 1.807) is 18.3 Å². The van der Waals surface area contributed by atoms with E-state index in [1.807, 2.05) is 42.0 Å². The van der Waals surface area contributed by atoms with Crippen molar-refractivity contribution in [1.82, 2.24) is 14.9 Å². The molecule has 122 valence electrons. The first-order valence-corrected chi connectivity index (χ1v) is 7.92. The minimum Gasteiger partial charge on any atom is -0.358 e. The maximum Gasteiger partial charge on any atom is 0.171 e. The summed E-state index contributed by atoms with van der Waals surface area (Å²) in [5.74, 6) is 0.648. The summed E-state index contributed by atoms with van der Waals surface area (Å²) in [5.41, 5.74) is 2.78. The summed E-state index contributed by atoms with van der Waals surface area (Å²) < 4.78 is 15.2. The first-order valence-electron chi connectivity index (χ1n) is 7.51. The van der Waals surface area contributed by atoms with E-state index in [9.17, 15) is 4.39 Å². The van der Waals surface area contributed by atoms with Gasteiger partial charge in [0.15, 0.2) is 5.11 Å². The lowest BCUT2D eigenvalue weighted by molar-refractivity contribution is 0.628. The number of benzene rings is 2. The summed E-state index contributed by atoms with van der Waals surface area (Å²) in [6, 6.07) is 14.3. The van der Waals surface area contributed by atoms with Crippen LogP contribution in [0.3, 0.4) is 0 Å². The highest BCUT2D eigenvalue weighted by Gasteiger charge is 2.02. The molecule has 0 saturated heterocycles. The van der Waals surface area contributed by atoms with Crippen LogP contribution in [0.4, 0.5) is 10.1 Å². The molecule has 0 bridgehead atoms. The summed E-state index contributed by atoms with van der Waals surface area (Å²) >= 11 is 5.23. The van der Waals surface area contributed by atoms with E-state index in [2.05, 4.69) is 15.6 Å². The minimum absolute atomic E-state index is 0.298. The van der Waals surface area contributed by atoms with Gasteiger partial charge in [-0.2, -0.15) is 0 Å². The predicted molar refractivity (Wildman–Crippen MR) is 97.8 cm³/mol. The molecular formula is C18H17FN4S. The molecule has 4 nitrogen and oxygen atoms in total. The molecule has 0 aliphatic carbocycles. The number of hydrogen-bond donors (Lipinski definition) is 2. The van der Waals surface area contributed by atoms with Crippen molar-refractivity contribution in [3.8, 4) is 5.69 Å². The standard InChI is InChI=1S/C18H17FN4S/c1-13-20-9-10-23(13)17-7-5-14(6-8-17)12-21-18(24)22-16-4-2-3-15(19)11-16/h2-11H,12H2,1H3,(H2,21,22,24). The molecule has 6 heteroatoms. The number of nitrogens with one attached hydrogen (secondary N) is 2. The smallest absolute Gasteiger partial charge is 0.171 e. The number of thiocarbonyl (C=S) groups is 1. The Morgan fingerprint density at radius 2 is 2.00 bits per heavy atom. The molecule has 0 atom stereocenters. The van der Waals surface area contributed by atoms with Crippen LogP contribution in [-0.2, 0) is 6.54 Å². The van der Waals surface area contributed by atoms with Gasteiger partial charge >= 0.3 is 0 Å². The van der Waals surface area contributed by atoms with Crippen molar-refractivity contribution in [3.05, 3.63) is 78.1 Å². The molecule has 3 rings (SSSR count). The zero-order valence-electron chi connectivity index (χ0n) is 13.2. The molecule has 3 aromatic rings. The first-order chi connectivity index (χ1) is 11.6. The molecule has 0 saturated carbocycles. The Morgan fingerprint density at radius 1 is 1.21 bits per heavy atom. The molecule has 0 radical (unpaired) electrons. The quantitative estimate of drug-likeness (QED) is 0.709. The Hall–Kier alpha value is -2.73. The Bertz CT molecular complexity index is 842. The normalized spacial score (nSPS) is 10.4. The number of imidazole rings is 1. The van der Waals surface area contributed by atoms with Crippen molar-refractivity contribution >= 4 is 23.0 Å². The molecule has 0 aliphatic rings. The van der Waals surface area contributed by atoms with Crippen molar-refractivity contribution in [1.29, 1.82) is 0 Å². The molecule has 2 aromatic carbocycles. The second-order valence-electron chi connectivity index (χ2n) is 5.33. The molecular weight excluding hydrogens is 323 g/mol. The van der Waals surface area contributed by atoms with Gasteiger partial charge in [-0.25, -0.2) is 9.37 Å². The third-order valence-electron chi connectivity index (χ3n) is 3.58. The molecule has 0 amide bonds. The van der Waals surface area contributed by atoms with E-state index in [-0.39, 0.29) is 5.82 Å². The largest absolute Gasteiger partial charge is 0.358 e. The molecule has 0 aliphatic heterocycles. The second-order valence-corrected chi connectivity index (χ2v) is 5.74. The Kier molecular flexibility index (Phi) is 4.86. The number of aromatic nitrogens is 2. The highest BCUT2D eigenvalue weighted by atomic mass is 32.1. The lowest BCUT2D eigenvalue weighted by atomic mass is 10.2. The predicted octanol–water partition coefficient (Wildman–Crippen LogP) is 3.81. The van der Waals surface area contributed by atoms with Crippen LogP contribution in [0.1, 0.15) is 11.4 Å². The van der Waals surface area contributed by atoms with Crippen molar-refractivity contribution < 1.29 is 4.39 Å². The van der Waals surface area contributed by atoms with Gasteiger partial charge in [-0.15, -0.1) is 0 Å². The van der Waals surface area contributed by atoms with Crippen LogP contribution < -0.4 is 10.6 Å². The molecule has 2 N–H and O–H groups in total. The van der Waals surface area contributed by atoms with Crippen LogP contribution in [0.2, 0.25) is 0 Å². The second kappa shape index (κ2) is 7.23. The van der Waals surface area contributed by atoms with Gasteiger partial charge < -0.3 is 15.2 Å². The van der Waals surface area contributed by atoms with Gasteiger partial charge in [0.05, 0.1) is 0 Å². The Morgan fingerprint density at radius 3 is 2.67 bits per heavy atom. The number of halogens is 1. The monoisotopic (exact) mass is 340 g/mol. The number of nitrogens with zero attached hydrogens (tertiary/aromatic N) is 2. The number of hydrogen-bond acceptors (Lipinski definition) is 2. The lowest BCUT2D eigenvalue weighted by Gasteiger charge is -2.11. The fourth-order valence-electron chi connectivity index (χ4n) is 2.35. The van der Waals surface area contributed by atoms with Gasteiger partial charge in [0, 0.05) is 30.3 Å². The van der Waals surface area contributed by atoms with Gasteiger partial charge in [-0.3, -0.25) is 0 Å². The zero-order chi connectivity index (χ0) is 16.9. The summed E-state index contributed by atoms with van der Waals surface area (Å²) in [5, 5.41) is 6.53. The molecule has 1 heterocycles. The first kappa shape index (κ1) is 16.1. The summed E-state index contributed by atoms with van der Waals surface area (Å²) in [4.78, 5) is 4.22. The summed E-state index contributed by atoms with van der Waals surface area (Å²) in [6.45, 7) is 2.55. The maximum absolute atomic E-state index is 13.1. The molecule has 0 fully saturated rings. The van der Waals surface area contributed by atoms with Gasteiger partial charge in [-0.1, -0.05) is 18.2 Å². The van der Waals surface area contributed by atoms with Crippen molar-refractivity contribution in [2.75, 3.05) is 5.32 Å². The Balaban J connectivity index is 1.57. The van der Waals surface area contributed by atoms with Gasteiger partial charge in [0.1, 0.15) is 11.6 Å². The van der Waals surface area contributed by atoms with E-state index in [0.717, 1.165) is 17.1 Å². The average molecular weight is 340 g/mol. The van der Waals surface area contributed by atoms with Crippen molar-refractivity contribution in [2.45, 2.75) is 13.5 Å². The lowest BCUT2D eigenvalue weighted by Crippen LogP contribution is -2.27. The summed E-state index contributed by atoms with van der Waals surface area (Å²) in [7, 11) is 0. The molecule has 0 spiro atoms. The van der Waals surface area contributed by atoms with Gasteiger partial charge in [0.2, 0.25) is 0 Å². The van der Waals surface area contributed by atoms with Crippen molar-refractivity contribution in [2.24, 2.45) is 0 Å². The third-order valence-corrected chi connectivity index (χ3v) is 3.82. The van der Waals surface area contributed by atoms with E-state index in [4.69, 9.17) is 12.2 Å². The van der Waals surface area contributed by atoms with E-state index in [0.29, 0.717) is 17.3 Å². The number of rotatable bonds is 4. The SMILES string of the molecule is Cc1nccn1-c1ccc(CNC(=S)Nc2cccc(F)c2)cc1. The van der Waals surface area contributed by atoms with Crippen LogP contribution in [0, 0.1) is 12.7 Å². The van der Waals surface area contributed by atoms with E-state index >= 15 is 0 Å². The van der Waals surface area contributed by atoms with E-state index < -0.39 is 0 Å². The van der Waals surface area contributed by atoms with Gasteiger partial charge in [-0.05, 0) is 55.0 Å². The number of aryl methyl sites for hydroxylation is 1. The van der Waals surface area contributed by atoms with Crippen LogP contribution in [0.25, 0.3) is 5.69 Å². The van der Waals surface area contributed by atoms with E-state index in [1.165, 1.54) is 12.1 Å². The topological polar surface area (TPSA) is 41.9 Å². The average Bonchev–Trinajstić information content (AvgIpc) is 2.99. The van der Waals surface area contributed by atoms with Crippen molar-refractivity contribution in [3.63, 3.8) is 0 Å². The minimum atomic E-state index is -0.298. The highest BCUT2D eigenvalue weighted by Crippen LogP contribution is 2.12. The third kappa shape index (κ3) is 3.97. The van der Waals surface area contributed by atoms with Gasteiger partial charge in [0.25, 0.3) is 0 Å². The molecule has 0 unspecified atom stereocenters. The Labute approximate surface area is 145 Å². The fraction of sp³-hybridized carbons (Fsp3) is 0.111. The highest BCUT2D eigenvalue weighted by molar-refractivity contribution is 7.80. The zero-order valence-corrected chi connectivity index (χ0v) is 14.0. The van der Waals surface area contributed by atoms with Crippen LogP contribution >= 0.6 is 12.2 Å². The molecule has 24 heavy (non-hydrogen) atoms. The van der Waals surface area contributed by atoms with Crippen LogP contribution in [0.5, 0.6) is 0 Å². The fourth-order valence-corrected chi connectivity index (χ4v) is 2.54. The number of anilines is 1. The van der Waals surface area contributed by atoms with Crippen LogP contribution in [0.15, 0.2) is 60.9 Å². The summed E-state index contributed by atoms with van der Waals surface area (Å²) in [6.07, 6.45) is 3.71. The molecule has 1 aromatic heterocycles. The maximum atomic E-state index is 13.1.